The van der Waals surface area contributed by atoms with Crippen LogP contribution in [0.25, 0.3) is 11.3 Å². The first kappa shape index (κ1) is 11.3. The van der Waals surface area contributed by atoms with Crippen molar-refractivity contribution in [1.82, 2.24) is 5.16 Å². The van der Waals surface area contributed by atoms with Crippen LogP contribution in [0.15, 0.2) is 22.7 Å². The van der Waals surface area contributed by atoms with E-state index in [9.17, 15) is 4.39 Å². The van der Waals surface area contributed by atoms with E-state index in [0.29, 0.717) is 5.75 Å². The first-order valence-corrected chi connectivity index (χ1v) is 4.80. The van der Waals surface area contributed by atoms with Crippen LogP contribution in [0.2, 0.25) is 0 Å². The predicted octanol–water partition coefficient (Wildman–Crippen LogP) is 2.08. The lowest BCUT2D eigenvalue weighted by Crippen LogP contribution is -1.95. The number of anilines is 1. The van der Waals surface area contributed by atoms with Crippen molar-refractivity contribution in [2.75, 3.05) is 20.0 Å². The topological polar surface area (TPSA) is 70.5 Å². The van der Waals surface area contributed by atoms with E-state index in [1.165, 1.54) is 26.4 Å². The summed E-state index contributed by atoms with van der Waals surface area (Å²) in [6.07, 6.45) is 0. The van der Waals surface area contributed by atoms with Crippen molar-refractivity contribution in [3.63, 3.8) is 0 Å². The summed E-state index contributed by atoms with van der Waals surface area (Å²) >= 11 is 0. The Kier molecular flexibility index (Phi) is 2.86. The standard InChI is InChI=1S/C11H11FN2O3/c1-15-7-4-3-6(10(12)11(7)16-2)8-5-9(13)14-17-8/h3-5H,1-2H3,(H2,13,14). The normalized spacial score (nSPS) is 10.3. The van der Waals surface area contributed by atoms with Gasteiger partial charge < -0.3 is 19.7 Å². The Morgan fingerprint density at radius 2 is 2.06 bits per heavy atom. The van der Waals surface area contributed by atoms with Crippen LogP contribution >= 0.6 is 0 Å². The number of hydrogen-bond donors (Lipinski definition) is 1. The van der Waals surface area contributed by atoms with Crippen LogP contribution in [-0.2, 0) is 0 Å². The molecule has 1 aromatic carbocycles. The van der Waals surface area contributed by atoms with E-state index in [4.69, 9.17) is 19.7 Å². The molecule has 90 valence electrons. The molecule has 0 atom stereocenters. The molecule has 0 fully saturated rings. The van der Waals surface area contributed by atoms with Crippen LogP contribution in [0.3, 0.4) is 0 Å². The Bertz CT molecular complexity index is 540. The van der Waals surface area contributed by atoms with E-state index in [2.05, 4.69) is 5.16 Å². The van der Waals surface area contributed by atoms with Crippen LogP contribution in [0.4, 0.5) is 10.2 Å². The van der Waals surface area contributed by atoms with Gasteiger partial charge in [-0.1, -0.05) is 5.16 Å². The molecule has 1 aromatic heterocycles. The third kappa shape index (κ3) is 1.89. The number of halogens is 1. The highest BCUT2D eigenvalue weighted by atomic mass is 19.1. The number of benzene rings is 1. The number of aromatic nitrogens is 1. The lowest BCUT2D eigenvalue weighted by molar-refractivity contribution is 0.337. The molecule has 0 saturated carbocycles. The predicted molar refractivity (Wildman–Crippen MR) is 59.4 cm³/mol. The van der Waals surface area contributed by atoms with Crippen molar-refractivity contribution in [2.24, 2.45) is 0 Å². The summed E-state index contributed by atoms with van der Waals surface area (Å²) in [5.41, 5.74) is 5.62. The van der Waals surface area contributed by atoms with Crippen LogP contribution in [0.1, 0.15) is 0 Å². The van der Waals surface area contributed by atoms with E-state index in [1.54, 1.807) is 6.07 Å². The molecule has 0 spiro atoms. The number of ether oxygens (including phenoxy) is 2. The zero-order valence-electron chi connectivity index (χ0n) is 9.36. The highest BCUT2D eigenvalue weighted by Crippen LogP contribution is 2.36. The van der Waals surface area contributed by atoms with Gasteiger partial charge in [-0.25, -0.2) is 4.39 Å². The second-order valence-corrected chi connectivity index (χ2v) is 3.28. The lowest BCUT2D eigenvalue weighted by Gasteiger charge is -2.09. The van der Waals surface area contributed by atoms with Crippen molar-refractivity contribution < 1.29 is 18.4 Å². The van der Waals surface area contributed by atoms with Gasteiger partial charge in [0, 0.05) is 6.07 Å². The van der Waals surface area contributed by atoms with E-state index in [-0.39, 0.29) is 22.9 Å². The van der Waals surface area contributed by atoms with Crippen LogP contribution in [0, 0.1) is 5.82 Å². The van der Waals surface area contributed by atoms with Crippen LogP contribution < -0.4 is 15.2 Å². The molecule has 17 heavy (non-hydrogen) atoms. The van der Waals surface area contributed by atoms with Crippen molar-refractivity contribution in [2.45, 2.75) is 0 Å². The Morgan fingerprint density at radius 1 is 1.29 bits per heavy atom. The van der Waals surface area contributed by atoms with E-state index in [1.807, 2.05) is 0 Å². The van der Waals surface area contributed by atoms with E-state index in [0.717, 1.165) is 0 Å². The Balaban J connectivity index is 2.56. The van der Waals surface area contributed by atoms with Crippen molar-refractivity contribution >= 4 is 5.82 Å². The largest absolute Gasteiger partial charge is 0.493 e. The average molecular weight is 238 g/mol. The van der Waals surface area contributed by atoms with Gasteiger partial charge in [-0.2, -0.15) is 0 Å². The van der Waals surface area contributed by atoms with E-state index >= 15 is 0 Å². The molecule has 1 heterocycles. The Labute approximate surface area is 96.9 Å². The minimum Gasteiger partial charge on any atom is -0.493 e. The summed E-state index contributed by atoms with van der Waals surface area (Å²) < 4.78 is 28.9. The molecule has 0 bridgehead atoms. The summed E-state index contributed by atoms with van der Waals surface area (Å²) in [6, 6.07) is 4.52. The Hall–Kier alpha value is -2.24. The second-order valence-electron chi connectivity index (χ2n) is 3.28. The van der Waals surface area contributed by atoms with Gasteiger partial charge in [-0.15, -0.1) is 0 Å². The maximum absolute atomic E-state index is 14.1. The van der Waals surface area contributed by atoms with Gasteiger partial charge in [-0.3, -0.25) is 0 Å². The molecule has 0 radical (unpaired) electrons. The van der Waals surface area contributed by atoms with Gasteiger partial charge in [0.1, 0.15) is 0 Å². The number of rotatable bonds is 3. The fraction of sp³-hybridized carbons (Fsp3) is 0.182. The van der Waals surface area contributed by atoms with Crippen molar-refractivity contribution in [3.05, 3.63) is 24.0 Å². The van der Waals surface area contributed by atoms with Gasteiger partial charge in [0.25, 0.3) is 0 Å². The minimum atomic E-state index is -0.581. The fourth-order valence-electron chi connectivity index (χ4n) is 1.50. The monoisotopic (exact) mass is 238 g/mol. The maximum atomic E-state index is 14.1. The molecule has 0 aliphatic carbocycles. The fourth-order valence-corrected chi connectivity index (χ4v) is 1.50. The first-order chi connectivity index (χ1) is 8.17. The molecule has 2 aromatic rings. The lowest BCUT2D eigenvalue weighted by atomic mass is 10.1. The molecule has 2 rings (SSSR count). The average Bonchev–Trinajstić information content (AvgIpc) is 2.75. The third-order valence-corrected chi connectivity index (χ3v) is 2.28. The molecule has 6 heteroatoms. The summed E-state index contributed by atoms with van der Waals surface area (Å²) in [6.45, 7) is 0. The molecular weight excluding hydrogens is 227 g/mol. The molecule has 5 nitrogen and oxygen atoms in total. The number of nitrogens with zero attached hydrogens (tertiary/aromatic N) is 1. The highest BCUT2D eigenvalue weighted by molar-refractivity contribution is 5.65. The van der Waals surface area contributed by atoms with Gasteiger partial charge in [0.2, 0.25) is 0 Å². The van der Waals surface area contributed by atoms with Crippen molar-refractivity contribution in [3.8, 4) is 22.8 Å². The van der Waals surface area contributed by atoms with E-state index < -0.39 is 5.82 Å². The van der Waals surface area contributed by atoms with Gasteiger partial charge in [0.15, 0.2) is 28.9 Å². The highest BCUT2D eigenvalue weighted by Gasteiger charge is 2.18. The third-order valence-electron chi connectivity index (χ3n) is 2.28. The number of methoxy groups -OCH3 is 2. The number of hydrogen-bond acceptors (Lipinski definition) is 5. The zero-order valence-corrected chi connectivity index (χ0v) is 9.36. The van der Waals surface area contributed by atoms with Gasteiger partial charge in [0.05, 0.1) is 19.8 Å². The summed E-state index contributed by atoms with van der Waals surface area (Å²) in [4.78, 5) is 0. The minimum absolute atomic E-state index is 0.0139. The molecule has 0 unspecified atom stereocenters. The second kappa shape index (κ2) is 4.32. The summed E-state index contributed by atoms with van der Waals surface area (Å²) in [5.74, 6) is 0.166. The van der Waals surface area contributed by atoms with Gasteiger partial charge in [-0.05, 0) is 12.1 Å². The SMILES string of the molecule is COc1ccc(-c2cc(N)no2)c(F)c1OC. The molecule has 0 aliphatic rings. The maximum Gasteiger partial charge on any atom is 0.197 e. The summed E-state index contributed by atoms with van der Waals surface area (Å²) in [5, 5.41) is 3.50. The molecule has 0 aliphatic heterocycles. The zero-order chi connectivity index (χ0) is 12.4. The first-order valence-electron chi connectivity index (χ1n) is 4.80. The number of nitrogens with two attached hydrogens (primary N) is 1. The van der Waals surface area contributed by atoms with Gasteiger partial charge >= 0.3 is 0 Å². The molecule has 0 saturated heterocycles. The number of nitrogen functional groups attached to an aromatic ring is 1. The molecule has 0 amide bonds. The quantitative estimate of drug-likeness (QED) is 0.886. The smallest absolute Gasteiger partial charge is 0.197 e. The Morgan fingerprint density at radius 3 is 2.59 bits per heavy atom. The summed E-state index contributed by atoms with van der Waals surface area (Å²) in [7, 11) is 2.79. The molecular formula is C11H11FN2O3. The van der Waals surface area contributed by atoms with Crippen LogP contribution in [-0.4, -0.2) is 19.4 Å². The molecule has 2 N–H and O–H groups in total. The van der Waals surface area contributed by atoms with Crippen molar-refractivity contribution in [1.29, 1.82) is 0 Å². The van der Waals surface area contributed by atoms with Crippen LogP contribution in [0.5, 0.6) is 11.5 Å².